The minimum Gasteiger partial charge on any atom is -0.258 e. The Morgan fingerprint density at radius 3 is 1.74 bits per heavy atom. The van der Waals surface area contributed by atoms with Gasteiger partial charge in [0.15, 0.2) is 0 Å². The van der Waals surface area contributed by atoms with E-state index in [1.165, 1.54) is 24.3 Å². The van der Waals surface area contributed by atoms with Gasteiger partial charge in [-0.2, -0.15) is 0 Å². The van der Waals surface area contributed by atoms with E-state index in [2.05, 4.69) is 6.92 Å². The van der Waals surface area contributed by atoms with Crippen LogP contribution in [0.1, 0.15) is 6.92 Å². The molecule has 23 heavy (non-hydrogen) atoms. The summed E-state index contributed by atoms with van der Waals surface area (Å²) in [6.07, 6.45) is 0.993. The van der Waals surface area contributed by atoms with Gasteiger partial charge in [0.2, 0.25) is 0 Å². The molecule has 0 fully saturated rings. The average Bonchev–Trinajstić information content (AvgIpc) is 2.54. The van der Waals surface area contributed by atoms with Crippen LogP contribution >= 0.6 is 17.2 Å². The Hall–Kier alpha value is -1.90. The summed E-state index contributed by atoms with van der Waals surface area (Å²) in [5, 5.41) is 23.5. The van der Waals surface area contributed by atoms with Crippen LogP contribution in [0.3, 0.4) is 0 Å². The van der Waals surface area contributed by atoms with Gasteiger partial charge in [-0.25, -0.2) is 0 Å². The van der Waals surface area contributed by atoms with E-state index in [-0.39, 0.29) is 11.4 Å². The fourth-order valence-electron chi connectivity index (χ4n) is 1.99. The number of nitrogens with zero attached hydrogens (tertiary/aromatic N) is 2. The van der Waals surface area contributed by atoms with Crippen molar-refractivity contribution in [2.45, 2.75) is 12.6 Å². The lowest BCUT2D eigenvalue weighted by Crippen LogP contribution is -2.07. The largest absolute Gasteiger partial charge is 0.269 e. The molecule has 0 aliphatic heterocycles. The minimum atomic E-state index is -0.397. The predicted molar refractivity (Wildman–Crippen MR) is 96.4 cm³/mol. The lowest BCUT2D eigenvalue weighted by Gasteiger charge is -2.11. The third-order valence-electron chi connectivity index (χ3n) is 3.18. The molecule has 2 unspecified atom stereocenters. The molecule has 0 amide bonds. The quantitative estimate of drug-likeness (QED) is 0.436. The van der Waals surface area contributed by atoms with Crippen molar-refractivity contribution >= 4 is 39.1 Å². The summed E-state index contributed by atoms with van der Waals surface area (Å²) in [5.74, 6) is 0. The number of hydrogen-bond acceptors (Lipinski definition) is 4. The van der Waals surface area contributed by atoms with Crippen LogP contribution in [0.15, 0.2) is 48.5 Å². The van der Waals surface area contributed by atoms with E-state index in [1.54, 1.807) is 12.1 Å². The number of benzene rings is 2. The van der Waals surface area contributed by atoms with E-state index in [4.69, 9.17) is 0 Å². The summed E-state index contributed by atoms with van der Waals surface area (Å²) in [6.45, 7) is 2.15. The van der Waals surface area contributed by atoms with Crippen LogP contribution in [0.4, 0.5) is 11.4 Å². The molecule has 0 N–H and O–H groups in total. The summed E-state index contributed by atoms with van der Waals surface area (Å²) in [4.78, 5) is 20.4. The first-order valence-electron chi connectivity index (χ1n) is 6.95. The Balaban J connectivity index is 1.85. The molecule has 2 rings (SSSR count). The fraction of sp³-hybridized carbons (Fsp3) is 0.200. The van der Waals surface area contributed by atoms with Gasteiger partial charge in [-0.15, -0.1) is 0 Å². The van der Waals surface area contributed by atoms with Gasteiger partial charge in [0.1, 0.15) is 0 Å². The van der Waals surface area contributed by atoms with Crippen molar-refractivity contribution in [3.8, 4) is 0 Å². The van der Waals surface area contributed by atoms with E-state index in [0.29, 0.717) is 22.8 Å². The van der Waals surface area contributed by atoms with Crippen molar-refractivity contribution in [2.75, 3.05) is 6.16 Å². The standard InChI is InChI=1S/C15H16N2O4P2/c1-11(23-15-8-4-13(5-9-15)17(20)21)10-22-14-6-2-12(3-7-14)16(18)19/h2-9,11,22-23H,10H2,1H3/t11-/m1/s1. The molecule has 120 valence electrons. The molecule has 0 aliphatic carbocycles. The van der Waals surface area contributed by atoms with Crippen LogP contribution < -0.4 is 10.6 Å². The molecular weight excluding hydrogens is 334 g/mol. The lowest BCUT2D eigenvalue weighted by atomic mass is 10.3. The molecule has 0 saturated heterocycles. The van der Waals surface area contributed by atoms with E-state index in [0.717, 1.165) is 16.8 Å². The maximum atomic E-state index is 10.6. The molecule has 0 aromatic heterocycles. The minimum absolute atomic E-state index is 0.110. The number of nitro groups is 2. The molecule has 3 atom stereocenters. The molecular formula is C15H16N2O4P2. The van der Waals surface area contributed by atoms with Crippen molar-refractivity contribution in [2.24, 2.45) is 0 Å². The average molecular weight is 350 g/mol. The van der Waals surface area contributed by atoms with E-state index in [9.17, 15) is 20.2 Å². The normalized spacial score (nSPS) is 12.9. The summed E-state index contributed by atoms with van der Waals surface area (Å²) >= 11 is 0. The van der Waals surface area contributed by atoms with Crippen LogP contribution in [0.25, 0.3) is 0 Å². The Labute approximate surface area is 137 Å². The van der Waals surface area contributed by atoms with Gasteiger partial charge >= 0.3 is 0 Å². The van der Waals surface area contributed by atoms with Crippen LogP contribution in [0.5, 0.6) is 0 Å². The molecule has 8 heteroatoms. The third kappa shape index (κ3) is 5.34. The molecule has 2 aromatic rings. The van der Waals surface area contributed by atoms with Gasteiger partial charge in [0.25, 0.3) is 11.4 Å². The van der Waals surface area contributed by atoms with Crippen molar-refractivity contribution < 1.29 is 9.85 Å². The van der Waals surface area contributed by atoms with E-state index in [1.807, 2.05) is 12.1 Å². The number of non-ortho nitro benzene ring substituents is 2. The highest BCUT2D eigenvalue weighted by molar-refractivity contribution is 7.51. The van der Waals surface area contributed by atoms with Crippen molar-refractivity contribution in [3.05, 3.63) is 68.8 Å². The second-order valence-electron chi connectivity index (χ2n) is 5.03. The highest BCUT2D eigenvalue weighted by Crippen LogP contribution is 2.26. The van der Waals surface area contributed by atoms with Gasteiger partial charge < -0.3 is 0 Å². The van der Waals surface area contributed by atoms with Gasteiger partial charge in [-0.3, -0.25) is 20.2 Å². The van der Waals surface area contributed by atoms with Crippen molar-refractivity contribution in [1.29, 1.82) is 0 Å². The zero-order valence-corrected chi connectivity index (χ0v) is 14.4. The first kappa shape index (κ1) is 17.5. The highest BCUT2D eigenvalue weighted by atomic mass is 31.1. The summed E-state index contributed by atoms with van der Waals surface area (Å²) in [7, 11) is 1.19. The molecule has 0 spiro atoms. The van der Waals surface area contributed by atoms with E-state index >= 15 is 0 Å². The highest BCUT2D eigenvalue weighted by Gasteiger charge is 2.08. The van der Waals surface area contributed by atoms with Crippen LogP contribution in [0.2, 0.25) is 0 Å². The molecule has 2 aromatic carbocycles. The molecule has 0 bridgehead atoms. The van der Waals surface area contributed by atoms with Gasteiger partial charge in [0.05, 0.1) is 9.85 Å². The lowest BCUT2D eigenvalue weighted by molar-refractivity contribution is -0.385. The molecule has 0 aliphatic rings. The van der Waals surface area contributed by atoms with Crippen molar-refractivity contribution in [3.63, 3.8) is 0 Å². The number of hydrogen-bond donors (Lipinski definition) is 0. The first-order valence-corrected chi connectivity index (χ1v) is 9.23. The first-order chi connectivity index (χ1) is 11.0. The molecule has 0 radical (unpaired) electrons. The van der Waals surface area contributed by atoms with Crippen molar-refractivity contribution in [1.82, 2.24) is 0 Å². The third-order valence-corrected chi connectivity index (χ3v) is 6.51. The topological polar surface area (TPSA) is 86.3 Å². The summed E-state index contributed by atoms with van der Waals surface area (Å²) in [6, 6.07) is 13.4. The molecule has 0 saturated carbocycles. The number of nitro benzene ring substituents is 2. The monoisotopic (exact) mass is 350 g/mol. The SMILES string of the molecule is C[C@H](CPc1ccc([N+](=O)[O-])cc1)Pc1ccc([N+](=O)[O-])cc1. The predicted octanol–water partition coefficient (Wildman–Crippen LogP) is 3.20. The molecule has 6 nitrogen and oxygen atoms in total. The molecule has 0 heterocycles. The second-order valence-corrected chi connectivity index (χ2v) is 8.23. The Morgan fingerprint density at radius 2 is 1.30 bits per heavy atom. The smallest absolute Gasteiger partial charge is 0.258 e. The Morgan fingerprint density at radius 1 is 0.870 bits per heavy atom. The Kier molecular flexibility index (Phi) is 6.14. The van der Waals surface area contributed by atoms with Gasteiger partial charge in [-0.05, 0) is 46.7 Å². The van der Waals surface area contributed by atoms with E-state index < -0.39 is 9.85 Å². The zero-order valence-electron chi connectivity index (χ0n) is 12.4. The van der Waals surface area contributed by atoms with Crippen LogP contribution in [-0.2, 0) is 0 Å². The van der Waals surface area contributed by atoms with Crippen LogP contribution in [-0.4, -0.2) is 21.7 Å². The maximum absolute atomic E-state index is 10.6. The van der Waals surface area contributed by atoms with Gasteiger partial charge in [0, 0.05) is 24.3 Å². The maximum Gasteiger partial charge on any atom is 0.269 e. The summed E-state index contributed by atoms with van der Waals surface area (Å²) in [5.41, 5.74) is 0.684. The summed E-state index contributed by atoms with van der Waals surface area (Å²) < 4.78 is 0. The van der Waals surface area contributed by atoms with Crippen LogP contribution in [0, 0.1) is 20.2 Å². The number of rotatable bonds is 7. The Bertz CT molecular complexity index is 690. The fourth-order valence-corrected chi connectivity index (χ4v) is 4.57. The van der Waals surface area contributed by atoms with Gasteiger partial charge in [-0.1, -0.05) is 24.1 Å². The zero-order chi connectivity index (χ0) is 16.8. The second kappa shape index (κ2) is 8.09.